The highest BCUT2D eigenvalue weighted by Crippen LogP contribution is 2.38. The Kier molecular flexibility index (Phi) is 6.58. The summed E-state index contributed by atoms with van der Waals surface area (Å²) < 4.78 is 11.3. The topological polar surface area (TPSA) is 71.8 Å². The molecule has 2 amide bonds. The number of rotatable bonds is 6. The van der Waals surface area contributed by atoms with Crippen LogP contribution in [0.25, 0.3) is 0 Å². The van der Waals surface area contributed by atoms with Gasteiger partial charge in [-0.25, -0.2) is 0 Å². The first-order chi connectivity index (χ1) is 17.5. The maximum absolute atomic E-state index is 13.4. The van der Waals surface area contributed by atoms with Gasteiger partial charge in [0.05, 0.1) is 12.3 Å². The van der Waals surface area contributed by atoms with Crippen LogP contribution in [0.2, 0.25) is 0 Å². The van der Waals surface area contributed by atoms with E-state index in [1.807, 2.05) is 79.4 Å². The third kappa shape index (κ3) is 5.03. The van der Waals surface area contributed by atoms with Crippen molar-refractivity contribution in [1.29, 1.82) is 0 Å². The average Bonchev–Trinajstić information content (AvgIpc) is 3.41. The predicted octanol–water partition coefficient (Wildman–Crippen LogP) is 5.70. The van der Waals surface area contributed by atoms with E-state index in [0.717, 1.165) is 39.9 Å². The molecule has 1 atom stereocenters. The molecule has 0 spiro atoms. The van der Waals surface area contributed by atoms with Crippen LogP contribution < -0.4 is 10.1 Å². The Morgan fingerprint density at radius 2 is 1.78 bits per heavy atom. The van der Waals surface area contributed by atoms with Crippen LogP contribution in [-0.4, -0.2) is 29.9 Å². The zero-order chi connectivity index (χ0) is 25.1. The molecule has 0 radical (unpaired) electrons. The number of hydrogen-bond donors (Lipinski definition) is 1. The van der Waals surface area contributed by atoms with E-state index in [0.29, 0.717) is 18.1 Å². The number of nitrogens with zero attached hydrogens (tertiary/aromatic N) is 1. The number of amides is 2. The van der Waals surface area contributed by atoms with Gasteiger partial charge in [-0.2, -0.15) is 0 Å². The lowest BCUT2D eigenvalue weighted by atomic mass is 9.87. The molecule has 1 aromatic heterocycles. The highest BCUT2D eigenvalue weighted by molar-refractivity contribution is 5.92. The fourth-order valence-electron chi connectivity index (χ4n) is 4.71. The minimum atomic E-state index is -0.295. The lowest BCUT2D eigenvalue weighted by molar-refractivity contribution is -0.118. The van der Waals surface area contributed by atoms with Gasteiger partial charge in [-0.1, -0.05) is 48.0 Å². The Morgan fingerprint density at radius 3 is 2.53 bits per heavy atom. The van der Waals surface area contributed by atoms with E-state index >= 15 is 0 Å². The maximum atomic E-state index is 13.4. The largest absolute Gasteiger partial charge is 0.484 e. The zero-order valence-electron chi connectivity index (χ0n) is 20.4. The number of hydrogen-bond acceptors (Lipinski definition) is 4. The number of nitrogens with one attached hydrogen (secondary N) is 1. The number of furan rings is 1. The third-order valence-corrected chi connectivity index (χ3v) is 6.37. The molecule has 1 aliphatic rings. The van der Waals surface area contributed by atoms with Gasteiger partial charge in [0.1, 0.15) is 5.75 Å². The Hall–Kier alpha value is -4.32. The molecule has 182 valence electrons. The third-order valence-electron chi connectivity index (χ3n) is 6.37. The van der Waals surface area contributed by atoms with E-state index in [1.54, 1.807) is 12.1 Å². The van der Waals surface area contributed by atoms with Gasteiger partial charge >= 0.3 is 0 Å². The van der Waals surface area contributed by atoms with Gasteiger partial charge < -0.3 is 19.4 Å². The van der Waals surface area contributed by atoms with Gasteiger partial charge in [0.25, 0.3) is 11.8 Å². The molecule has 2 heterocycles. The first kappa shape index (κ1) is 23.4. The molecule has 6 nitrogen and oxygen atoms in total. The second-order valence-electron chi connectivity index (χ2n) is 9.11. The monoisotopic (exact) mass is 480 g/mol. The number of aryl methyl sites for hydroxylation is 2. The van der Waals surface area contributed by atoms with Crippen molar-refractivity contribution in [1.82, 2.24) is 4.90 Å². The number of carbonyl (C=O) groups excluding carboxylic acids is 2. The van der Waals surface area contributed by atoms with Crippen LogP contribution in [0.1, 0.15) is 44.4 Å². The molecular weight excluding hydrogens is 452 g/mol. The highest BCUT2D eigenvalue weighted by Gasteiger charge is 2.34. The molecule has 3 aromatic carbocycles. The summed E-state index contributed by atoms with van der Waals surface area (Å²) in [4.78, 5) is 27.7. The molecule has 0 aliphatic carbocycles. The normalized spacial score (nSPS) is 14.7. The van der Waals surface area contributed by atoms with Crippen LogP contribution in [0, 0.1) is 13.8 Å². The van der Waals surface area contributed by atoms with E-state index in [1.165, 1.54) is 6.26 Å². The number of fused-ring (bicyclic) bond motifs is 1. The van der Waals surface area contributed by atoms with Crippen LogP contribution in [0.4, 0.5) is 5.69 Å². The zero-order valence-corrected chi connectivity index (χ0v) is 20.4. The first-order valence-electron chi connectivity index (χ1n) is 12.0. The summed E-state index contributed by atoms with van der Waals surface area (Å²) in [6.07, 6.45) is 2.23. The van der Waals surface area contributed by atoms with Crippen molar-refractivity contribution >= 4 is 17.5 Å². The Morgan fingerprint density at radius 1 is 0.972 bits per heavy atom. The van der Waals surface area contributed by atoms with Crippen LogP contribution >= 0.6 is 0 Å². The minimum Gasteiger partial charge on any atom is -0.484 e. The molecule has 5 rings (SSSR count). The highest BCUT2D eigenvalue weighted by atomic mass is 16.5. The number of ether oxygens (including phenoxy) is 1. The van der Waals surface area contributed by atoms with E-state index in [-0.39, 0.29) is 24.5 Å². The van der Waals surface area contributed by atoms with Crippen LogP contribution in [0.5, 0.6) is 5.75 Å². The Balaban J connectivity index is 1.41. The molecule has 0 unspecified atom stereocenters. The molecule has 6 heteroatoms. The standard InChI is InChI=1S/C30H28N2O4/c1-20-6-3-8-23(16-20)29-26-18-25(36-19-28(33)31-24-9-4-7-21(2)17-24)12-11-22(26)13-14-32(29)30(34)27-10-5-15-35-27/h3-12,15-18,29H,13-14,19H2,1-2H3,(H,31,33)/t29-/m1/s1. The fraction of sp³-hybridized carbons (Fsp3) is 0.200. The van der Waals surface area contributed by atoms with Gasteiger partial charge in [-0.05, 0) is 78.9 Å². The van der Waals surface area contributed by atoms with Crippen molar-refractivity contribution in [3.05, 3.63) is 119 Å². The van der Waals surface area contributed by atoms with Crippen molar-refractivity contribution in [2.24, 2.45) is 0 Å². The van der Waals surface area contributed by atoms with Gasteiger partial charge in [0.15, 0.2) is 12.4 Å². The molecular formula is C30H28N2O4. The summed E-state index contributed by atoms with van der Waals surface area (Å²) in [6.45, 7) is 4.48. The lowest BCUT2D eigenvalue weighted by Crippen LogP contribution is -2.40. The molecule has 0 saturated heterocycles. The quantitative estimate of drug-likeness (QED) is 0.384. The SMILES string of the molecule is Cc1cccc(NC(=O)COc2ccc3c(c2)[C@@H](c2cccc(C)c2)N(C(=O)c2ccco2)CC3)c1. The lowest BCUT2D eigenvalue weighted by Gasteiger charge is -2.37. The van der Waals surface area contributed by atoms with E-state index in [4.69, 9.17) is 9.15 Å². The van der Waals surface area contributed by atoms with Gasteiger partial charge in [-0.15, -0.1) is 0 Å². The van der Waals surface area contributed by atoms with Crippen molar-refractivity contribution < 1.29 is 18.7 Å². The van der Waals surface area contributed by atoms with Gasteiger partial charge in [0.2, 0.25) is 0 Å². The summed E-state index contributed by atoms with van der Waals surface area (Å²) in [5.74, 6) is 0.513. The summed E-state index contributed by atoms with van der Waals surface area (Å²) in [5, 5.41) is 2.87. The average molecular weight is 481 g/mol. The smallest absolute Gasteiger partial charge is 0.290 e. The summed E-state index contributed by atoms with van der Waals surface area (Å²) in [5.41, 5.74) is 6.08. The van der Waals surface area contributed by atoms with Crippen LogP contribution in [0.3, 0.4) is 0 Å². The van der Waals surface area contributed by atoms with Crippen molar-refractivity contribution in [3.8, 4) is 5.75 Å². The molecule has 0 saturated carbocycles. The number of benzene rings is 3. The van der Waals surface area contributed by atoms with E-state index in [2.05, 4.69) is 11.4 Å². The van der Waals surface area contributed by atoms with E-state index < -0.39 is 0 Å². The van der Waals surface area contributed by atoms with Gasteiger partial charge in [-0.3, -0.25) is 9.59 Å². The first-order valence-corrected chi connectivity index (χ1v) is 12.0. The van der Waals surface area contributed by atoms with E-state index in [9.17, 15) is 9.59 Å². The summed E-state index contributed by atoms with van der Waals surface area (Å²) >= 11 is 0. The Bertz CT molecular complexity index is 1390. The maximum Gasteiger partial charge on any atom is 0.290 e. The molecule has 36 heavy (non-hydrogen) atoms. The summed E-state index contributed by atoms with van der Waals surface area (Å²) in [6, 6.07) is 24.8. The van der Waals surface area contributed by atoms with Crippen LogP contribution in [0.15, 0.2) is 89.5 Å². The number of carbonyl (C=O) groups is 2. The molecule has 1 aliphatic heterocycles. The second kappa shape index (κ2) is 10.1. The van der Waals surface area contributed by atoms with Crippen molar-refractivity contribution in [2.45, 2.75) is 26.3 Å². The minimum absolute atomic E-state index is 0.114. The summed E-state index contributed by atoms with van der Waals surface area (Å²) in [7, 11) is 0. The van der Waals surface area contributed by atoms with Crippen LogP contribution in [-0.2, 0) is 11.2 Å². The molecule has 0 bridgehead atoms. The molecule has 1 N–H and O–H groups in total. The second-order valence-corrected chi connectivity index (χ2v) is 9.11. The fourth-order valence-corrected chi connectivity index (χ4v) is 4.71. The molecule has 0 fully saturated rings. The Labute approximate surface area is 210 Å². The van der Waals surface area contributed by atoms with Crippen molar-refractivity contribution in [2.75, 3.05) is 18.5 Å². The molecule has 4 aromatic rings. The predicted molar refractivity (Wildman–Crippen MR) is 138 cm³/mol. The van der Waals surface area contributed by atoms with Crippen molar-refractivity contribution in [3.63, 3.8) is 0 Å². The van der Waals surface area contributed by atoms with Gasteiger partial charge in [0, 0.05) is 12.2 Å². The number of anilines is 1.